The molecule has 0 unspecified atom stereocenters. The summed E-state index contributed by atoms with van der Waals surface area (Å²) in [5.41, 5.74) is 1.09. The lowest BCUT2D eigenvalue weighted by atomic mass is 10.1. The second-order valence-electron chi connectivity index (χ2n) is 5.30. The Hall–Kier alpha value is -1.29. The van der Waals surface area contributed by atoms with Crippen LogP contribution in [0.1, 0.15) is 51.9 Å². The number of benzene rings is 1. The van der Waals surface area contributed by atoms with Crippen LogP contribution >= 0.6 is 11.8 Å². The fourth-order valence-electron chi connectivity index (χ4n) is 2.26. The molecular formula is C17H25N3S. The minimum atomic E-state index is 0.859. The van der Waals surface area contributed by atoms with Gasteiger partial charge in [-0.15, -0.1) is 5.10 Å². The Bertz CT molecular complexity index is 496. The van der Waals surface area contributed by atoms with E-state index in [0.29, 0.717) is 0 Å². The minimum Gasteiger partial charge on any atom is -0.258 e. The summed E-state index contributed by atoms with van der Waals surface area (Å²) in [6.07, 6.45) is 9.43. The topological polar surface area (TPSA) is 41.6 Å². The summed E-state index contributed by atoms with van der Waals surface area (Å²) in [6, 6.07) is 10.1. The van der Waals surface area contributed by atoms with Gasteiger partial charge in [-0.3, -0.25) is 5.10 Å². The summed E-state index contributed by atoms with van der Waals surface area (Å²) >= 11 is 1.75. The molecule has 0 aliphatic heterocycles. The Morgan fingerprint density at radius 2 is 1.67 bits per heavy atom. The largest absolute Gasteiger partial charge is 0.258 e. The molecule has 0 aliphatic rings. The average molecular weight is 303 g/mol. The molecule has 0 spiro atoms. The highest BCUT2D eigenvalue weighted by atomic mass is 32.2. The van der Waals surface area contributed by atoms with E-state index in [2.05, 4.69) is 22.1 Å². The molecule has 2 aromatic rings. The third kappa shape index (κ3) is 5.92. The fraction of sp³-hybridized carbons (Fsp3) is 0.529. The first-order valence-electron chi connectivity index (χ1n) is 8.01. The monoisotopic (exact) mass is 303 g/mol. The average Bonchev–Trinajstić information content (AvgIpc) is 3.00. The predicted molar refractivity (Wildman–Crippen MR) is 90.5 cm³/mol. The predicted octanol–water partition coefficient (Wildman–Crippen LogP) is 5.31. The smallest absolute Gasteiger partial charge is 0.208 e. The highest BCUT2D eigenvalue weighted by molar-refractivity contribution is 7.99. The van der Waals surface area contributed by atoms with Gasteiger partial charge >= 0.3 is 0 Å². The molecule has 2 rings (SSSR count). The van der Waals surface area contributed by atoms with Crippen LogP contribution < -0.4 is 0 Å². The van der Waals surface area contributed by atoms with Crippen molar-refractivity contribution in [2.24, 2.45) is 0 Å². The van der Waals surface area contributed by atoms with Gasteiger partial charge in [-0.25, -0.2) is 4.98 Å². The third-order valence-electron chi connectivity index (χ3n) is 3.49. The number of aromatic amines is 1. The second kappa shape index (κ2) is 9.61. The SMILES string of the molecule is CCCCCCCCCSc1n[nH]c(-c2ccccc2)n1. The molecule has 114 valence electrons. The summed E-state index contributed by atoms with van der Waals surface area (Å²) in [7, 11) is 0. The van der Waals surface area contributed by atoms with Crippen LogP contribution in [0.25, 0.3) is 11.4 Å². The van der Waals surface area contributed by atoms with Gasteiger partial charge in [-0.2, -0.15) is 0 Å². The highest BCUT2D eigenvalue weighted by Crippen LogP contribution is 2.20. The normalized spacial score (nSPS) is 10.9. The van der Waals surface area contributed by atoms with E-state index in [9.17, 15) is 0 Å². The molecule has 1 aromatic carbocycles. The van der Waals surface area contributed by atoms with E-state index in [1.54, 1.807) is 11.8 Å². The Morgan fingerprint density at radius 3 is 2.43 bits per heavy atom. The van der Waals surface area contributed by atoms with E-state index in [-0.39, 0.29) is 0 Å². The Morgan fingerprint density at radius 1 is 0.952 bits per heavy atom. The molecule has 3 nitrogen and oxygen atoms in total. The zero-order valence-corrected chi connectivity index (χ0v) is 13.7. The minimum absolute atomic E-state index is 0.859. The number of thioether (sulfide) groups is 1. The van der Waals surface area contributed by atoms with E-state index in [1.165, 1.54) is 44.9 Å². The fourth-order valence-corrected chi connectivity index (χ4v) is 3.06. The van der Waals surface area contributed by atoms with Crippen molar-refractivity contribution in [2.75, 3.05) is 5.75 Å². The third-order valence-corrected chi connectivity index (χ3v) is 4.42. The molecule has 4 heteroatoms. The molecule has 0 aliphatic carbocycles. The number of H-pyrrole nitrogens is 1. The molecule has 0 atom stereocenters. The molecule has 1 N–H and O–H groups in total. The first-order valence-corrected chi connectivity index (χ1v) is 8.99. The van der Waals surface area contributed by atoms with Crippen molar-refractivity contribution in [3.8, 4) is 11.4 Å². The number of nitrogens with zero attached hydrogens (tertiary/aromatic N) is 2. The lowest BCUT2D eigenvalue weighted by Crippen LogP contribution is -1.84. The Balaban J connectivity index is 1.63. The number of nitrogens with one attached hydrogen (secondary N) is 1. The van der Waals surface area contributed by atoms with Crippen molar-refractivity contribution in [2.45, 2.75) is 57.0 Å². The van der Waals surface area contributed by atoms with Gasteiger partial charge in [0.2, 0.25) is 5.16 Å². The van der Waals surface area contributed by atoms with E-state index in [0.717, 1.165) is 22.3 Å². The first kappa shape index (κ1) is 16.1. The van der Waals surface area contributed by atoms with Gasteiger partial charge in [0.1, 0.15) is 0 Å². The van der Waals surface area contributed by atoms with Crippen LogP contribution in [-0.2, 0) is 0 Å². The number of rotatable bonds is 10. The maximum atomic E-state index is 4.54. The van der Waals surface area contributed by atoms with E-state index in [1.807, 2.05) is 30.3 Å². The summed E-state index contributed by atoms with van der Waals surface area (Å²) in [5, 5.41) is 8.15. The second-order valence-corrected chi connectivity index (χ2v) is 6.36. The summed E-state index contributed by atoms with van der Waals surface area (Å²) in [6.45, 7) is 2.26. The molecule has 1 heterocycles. The van der Waals surface area contributed by atoms with Gasteiger partial charge in [0.15, 0.2) is 5.82 Å². The molecule has 1 aromatic heterocycles. The highest BCUT2D eigenvalue weighted by Gasteiger charge is 2.05. The van der Waals surface area contributed by atoms with E-state index < -0.39 is 0 Å². The van der Waals surface area contributed by atoms with Crippen LogP contribution in [0.3, 0.4) is 0 Å². The van der Waals surface area contributed by atoms with Gasteiger partial charge in [-0.05, 0) is 6.42 Å². The molecule has 0 fully saturated rings. The number of hydrogen-bond donors (Lipinski definition) is 1. The van der Waals surface area contributed by atoms with Crippen LogP contribution in [0, 0.1) is 0 Å². The maximum Gasteiger partial charge on any atom is 0.208 e. The molecule has 0 saturated carbocycles. The van der Waals surface area contributed by atoms with Crippen molar-refractivity contribution in [3.05, 3.63) is 30.3 Å². The standard InChI is InChI=1S/C17H25N3S/c1-2-3-4-5-6-7-11-14-21-17-18-16(19-20-17)15-12-9-8-10-13-15/h8-10,12-13H,2-7,11,14H2,1H3,(H,18,19,20). The quantitative estimate of drug-likeness (QED) is 0.477. The van der Waals surface area contributed by atoms with Crippen molar-refractivity contribution >= 4 is 11.8 Å². The molecule has 21 heavy (non-hydrogen) atoms. The van der Waals surface area contributed by atoms with Gasteiger partial charge in [0.05, 0.1) is 0 Å². The molecule has 0 amide bonds. The van der Waals surface area contributed by atoms with Crippen molar-refractivity contribution in [1.29, 1.82) is 0 Å². The van der Waals surface area contributed by atoms with Gasteiger partial charge in [0.25, 0.3) is 0 Å². The van der Waals surface area contributed by atoms with Crippen LogP contribution in [0.5, 0.6) is 0 Å². The van der Waals surface area contributed by atoms with Crippen LogP contribution in [0.2, 0.25) is 0 Å². The van der Waals surface area contributed by atoms with E-state index >= 15 is 0 Å². The Kier molecular flexibility index (Phi) is 7.36. The summed E-state index contributed by atoms with van der Waals surface area (Å²) in [4.78, 5) is 4.54. The molecule has 0 saturated heterocycles. The summed E-state index contributed by atoms with van der Waals surface area (Å²) < 4.78 is 0. The lowest BCUT2D eigenvalue weighted by Gasteiger charge is -1.99. The number of aromatic nitrogens is 3. The lowest BCUT2D eigenvalue weighted by molar-refractivity contribution is 0.603. The van der Waals surface area contributed by atoms with Crippen LogP contribution in [0.15, 0.2) is 35.5 Å². The van der Waals surface area contributed by atoms with Gasteiger partial charge in [0, 0.05) is 11.3 Å². The van der Waals surface area contributed by atoms with Gasteiger partial charge in [-0.1, -0.05) is 87.5 Å². The van der Waals surface area contributed by atoms with Crippen LogP contribution in [0.4, 0.5) is 0 Å². The number of hydrogen-bond acceptors (Lipinski definition) is 3. The van der Waals surface area contributed by atoms with E-state index in [4.69, 9.17) is 0 Å². The zero-order chi connectivity index (χ0) is 14.8. The molecular weight excluding hydrogens is 278 g/mol. The van der Waals surface area contributed by atoms with Crippen LogP contribution in [-0.4, -0.2) is 20.9 Å². The molecule has 0 bridgehead atoms. The first-order chi connectivity index (χ1) is 10.4. The van der Waals surface area contributed by atoms with Gasteiger partial charge < -0.3 is 0 Å². The Labute approximate surface area is 132 Å². The number of unbranched alkanes of at least 4 members (excludes halogenated alkanes) is 6. The zero-order valence-electron chi connectivity index (χ0n) is 12.8. The van der Waals surface area contributed by atoms with Crippen molar-refractivity contribution < 1.29 is 0 Å². The van der Waals surface area contributed by atoms with Crippen molar-refractivity contribution in [1.82, 2.24) is 15.2 Å². The maximum absolute atomic E-state index is 4.54. The molecule has 0 radical (unpaired) electrons. The van der Waals surface area contributed by atoms with Crippen molar-refractivity contribution in [3.63, 3.8) is 0 Å². The summed E-state index contributed by atoms with van der Waals surface area (Å²) in [5.74, 6) is 1.97.